The summed E-state index contributed by atoms with van der Waals surface area (Å²) in [6.45, 7) is 9.45. The standard InChI is InChI=1S/C8H10O4.C3H4O2/c1-3-4-6(8(11)12)5(2)7(9)10;1-2-3(4)5/h3,6H,1-2,4H2,(H,9,10)(H,11,12);2H,1H2,(H,4,5). The summed E-state index contributed by atoms with van der Waals surface area (Å²) in [7, 11) is 0. The predicted octanol–water partition coefficient (Wildman–Crippen LogP) is 1.16. The van der Waals surface area contributed by atoms with E-state index in [9.17, 15) is 14.4 Å². The van der Waals surface area contributed by atoms with Crippen LogP contribution < -0.4 is 0 Å². The van der Waals surface area contributed by atoms with Crippen molar-refractivity contribution in [1.29, 1.82) is 0 Å². The number of allylic oxidation sites excluding steroid dienone is 1. The molecule has 17 heavy (non-hydrogen) atoms. The Hall–Kier alpha value is -2.37. The molecule has 0 amide bonds. The Labute approximate surface area is 98.2 Å². The number of aliphatic carboxylic acids is 3. The lowest BCUT2D eigenvalue weighted by Crippen LogP contribution is -2.19. The number of hydrogen-bond donors (Lipinski definition) is 3. The molecule has 6 nitrogen and oxygen atoms in total. The maximum Gasteiger partial charge on any atom is 0.331 e. The van der Waals surface area contributed by atoms with E-state index in [1.807, 2.05) is 0 Å². The van der Waals surface area contributed by atoms with E-state index in [1.165, 1.54) is 6.08 Å². The Morgan fingerprint density at radius 3 is 1.71 bits per heavy atom. The number of carboxylic acids is 3. The second-order valence-corrected chi connectivity index (χ2v) is 2.79. The lowest BCUT2D eigenvalue weighted by atomic mass is 9.97. The molecule has 0 aliphatic carbocycles. The van der Waals surface area contributed by atoms with E-state index < -0.39 is 23.8 Å². The molecule has 0 aromatic rings. The molecule has 0 heterocycles. The molecule has 0 bridgehead atoms. The third-order valence-electron chi connectivity index (χ3n) is 1.57. The summed E-state index contributed by atoms with van der Waals surface area (Å²) >= 11 is 0. The van der Waals surface area contributed by atoms with Crippen molar-refractivity contribution in [1.82, 2.24) is 0 Å². The summed E-state index contributed by atoms with van der Waals surface area (Å²) < 4.78 is 0. The minimum atomic E-state index is -1.29. The van der Waals surface area contributed by atoms with Crippen molar-refractivity contribution < 1.29 is 29.7 Å². The molecule has 1 atom stereocenters. The first-order valence-corrected chi connectivity index (χ1v) is 4.39. The SMILES string of the molecule is C=CC(=O)O.C=CCC(C(=C)C(=O)O)C(=O)O. The highest BCUT2D eigenvalue weighted by atomic mass is 16.4. The molecule has 0 aliphatic rings. The second-order valence-electron chi connectivity index (χ2n) is 2.79. The van der Waals surface area contributed by atoms with Crippen LogP contribution in [0.25, 0.3) is 0 Å². The van der Waals surface area contributed by atoms with Crippen molar-refractivity contribution in [2.75, 3.05) is 0 Å². The van der Waals surface area contributed by atoms with Gasteiger partial charge in [0.25, 0.3) is 0 Å². The smallest absolute Gasteiger partial charge is 0.331 e. The van der Waals surface area contributed by atoms with Gasteiger partial charge in [0.1, 0.15) is 0 Å². The Morgan fingerprint density at radius 2 is 1.53 bits per heavy atom. The van der Waals surface area contributed by atoms with E-state index in [1.54, 1.807) is 0 Å². The normalized spacial score (nSPS) is 10.1. The number of hydrogen-bond acceptors (Lipinski definition) is 3. The Balaban J connectivity index is 0. The molecule has 94 valence electrons. The van der Waals surface area contributed by atoms with E-state index in [2.05, 4.69) is 19.7 Å². The summed E-state index contributed by atoms with van der Waals surface area (Å²) in [5, 5.41) is 24.6. The third-order valence-corrected chi connectivity index (χ3v) is 1.57. The van der Waals surface area contributed by atoms with Crippen LogP contribution >= 0.6 is 0 Å². The molecule has 0 aromatic carbocycles. The molecule has 3 N–H and O–H groups in total. The van der Waals surface area contributed by atoms with Crippen molar-refractivity contribution in [2.24, 2.45) is 5.92 Å². The Bertz CT molecular complexity index is 342. The molecule has 0 radical (unpaired) electrons. The Morgan fingerprint density at radius 1 is 1.12 bits per heavy atom. The van der Waals surface area contributed by atoms with Crippen molar-refractivity contribution in [3.63, 3.8) is 0 Å². The summed E-state index contributed by atoms with van der Waals surface area (Å²) in [6.07, 6.45) is 2.27. The van der Waals surface area contributed by atoms with Crippen LogP contribution in [0.1, 0.15) is 6.42 Å². The summed E-state index contributed by atoms with van der Waals surface area (Å²) in [6, 6.07) is 0. The van der Waals surface area contributed by atoms with Gasteiger partial charge >= 0.3 is 17.9 Å². The average molecular weight is 242 g/mol. The first kappa shape index (κ1) is 17.0. The van der Waals surface area contributed by atoms with Gasteiger partial charge in [0.15, 0.2) is 0 Å². The van der Waals surface area contributed by atoms with Crippen molar-refractivity contribution in [2.45, 2.75) is 6.42 Å². The zero-order chi connectivity index (χ0) is 14.0. The van der Waals surface area contributed by atoms with Gasteiger partial charge in [-0.1, -0.05) is 19.2 Å². The van der Waals surface area contributed by atoms with Gasteiger partial charge in [0, 0.05) is 11.6 Å². The lowest BCUT2D eigenvalue weighted by molar-refractivity contribution is -0.143. The molecule has 0 spiro atoms. The average Bonchev–Trinajstić information content (AvgIpc) is 2.25. The van der Waals surface area contributed by atoms with E-state index in [4.69, 9.17) is 15.3 Å². The summed E-state index contributed by atoms with van der Waals surface area (Å²) in [4.78, 5) is 30.0. The highest BCUT2D eigenvalue weighted by molar-refractivity contribution is 5.93. The lowest BCUT2D eigenvalue weighted by Gasteiger charge is -2.08. The monoisotopic (exact) mass is 242 g/mol. The highest BCUT2D eigenvalue weighted by Crippen LogP contribution is 2.14. The van der Waals surface area contributed by atoms with Crippen LogP contribution in [0.15, 0.2) is 37.5 Å². The van der Waals surface area contributed by atoms with E-state index in [0.29, 0.717) is 0 Å². The fraction of sp³-hybridized carbons (Fsp3) is 0.182. The van der Waals surface area contributed by atoms with Gasteiger partial charge in [-0.2, -0.15) is 0 Å². The maximum absolute atomic E-state index is 10.5. The highest BCUT2D eigenvalue weighted by Gasteiger charge is 2.23. The molecular weight excluding hydrogens is 228 g/mol. The predicted molar refractivity (Wildman–Crippen MR) is 60.5 cm³/mol. The molecule has 0 saturated heterocycles. The topological polar surface area (TPSA) is 112 Å². The minimum Gasteiger partial charge on any atom is -0.481 e. The van der Waals surface area contributed by atoms with Gasteiger partial charge in [-0.05, 0) is 6.42 Å². The van der Waals surface area contributed by atoms with Crippen LogP contribution in [-0.4, -0.2) is 33.2 Å². The number of rotatable bonds is 6. The fourth-order valence-electron chi connectivity index (χ4n) is 0.708. The van der Waals surface area contributed by atoms with Gasteiger partial charge in [-0.3, -0.25) is 4.79 Å². The van der Waals surface area contributed by atoms with Gasteiger partial charge < -0.3 is 15.3 Å². The number of carboxylic acid groups (broad SMARTS) is 3. The molecule has 0 saturated carbocycles. The van der Waals surface area contributed by atoms with E-state index >= 15 is 0 Å². The molecule has 0 fully saturated rings. The van der Waals surface area contributed by atoms with Gasteiger partial charge in [0.2, 0.25) is 0 Å². The van der Waals surface area contributed by atoms with Crippen molar-refractivity contribution >= 4 is 17.9 Å². The molecule has 6 heteroatoms. The number of carbonyl (C=O) groups is 3. The van der Waals surface area contributed by atoms with Crippen LogP contribution in [0.3, 0.4) is 0 Å². The first-order chi connectivity index (χ1) is 7.77. The molecule has 0 aromatic heterocycles. The molecule has 0 rings (SSSR count). The molecular formula is C11H14O6. The van der Waals surface area contributed by atoms with Crippen LogP contribution in [0.5, 0.6) is 0 Å². The third kappa shape index (κ3) is 8.61. The maximum atomic E-state index is 10.5. The van der Waals surface area contributed by atoms with Gasteiger partial charge in [0.05, 0.1) is 5.92 Å². The van der Waals surface area contributed by atoms with Crippen LogP contribution in [-0.2, 0) is 14.4 Å². The van der Waals surface area contributed by atoms with E-state index in [-0.39, 0.29) is 12.0 Å². The van der Waals surface area contributed by atoms with E-state index in [0.717, 1.165) is 6.08 Å². The van der Waals surface area contributed by atoms with Crippen molar-refractivity contribution in [3.05, 3.63) is 37.5 Å². The zero-order valence-corrected chi connectivity index (χ0v) is 9.13. The van der Waals surface area contributed by atoms with Crippen molar-refractivity contribution in [3.8, 4) is 0 Å². The molecule has 0 aliphatic heterocycles. The largest absolute Gasteiger partial charge is 0.481 e. The Kier molecular flexibility index (Phi) is 8.92. The zero-order valence-electron chi connectivity index (χ0n) is 9.13. The van der Waals surface area contributed by atoms with Gasteiger partial charge in [-0.15, -0.1) is 6.58 Å². The van der Waals surface area contributed by atoms with Crippen LogP contribution in [0, 0.1) is 5.92 Å². The van der Waals surface area contributed by atoms with Crippen LogP contribution in [0.2, 0.25) is 0 Å². The first-order valence-electron chi connectivity index (χ1n) is 4.39. The summed E-state index contributed by atoms with van der Waals surface area (Å²) in [5.74, 6) is -4.53. The fourth-order valence-corrected chi connectivity index (χ4v) is 0.708. The quantitative estimate of drug-likeness (QED) is 0.476. The minimum absolute atomic E-state index is 0.0838. The molecule has 1 unspecified atom stereocenters. The van der Waals surface area contributed by atoms with Crippen LogP contribution in [0.4, 0.5) is 0 Å². The summed E-state index contributed by atoms with van der Waals surface area (Å²) in [5.41, 5.74) is -0.317. The van der Waals surface area contributed by atoms with Gasteiger partial charge in [-0.25, -0.2) is 9.59 Å². The second kappa shape index (κ2) is 8.90.